The molecule has 0 heterocycles. The van der Waals surface area contributed by atoms with E-state index in [0.717, 1.165) is 44.9 Å². The largest absolute Gasteiger partial charge is 0.756 e. The zero-order chi connectivity index (χ0) is 50.6. The van der Waals surface area contributed by atoms with Crippen LogP contribution in [0.1, 0.15) is 277 Å². The Bertz CT molecular complexity index is 1260. The van der Waals surface area contributed by atoms with Crippen LogP contribution in [-0.4, -0.2) is 68.5 Å². The summed E-state index contributed by atoms with van der Waals surface area (Å²) in [4.78, 5) is 25.5. The van der Waals surface area contributed by atoms with Crippen LogP contribution in [0.25, 0.3) is 0 Å². The second-order valence-electron chi connectivity index (χ2n) is 21.3. The summed E-state index contributed by atoms with van der Waals surface area (Å²) in [6.45, 7) is 4.65. The quantitative estimate of drug-likeness (QED) is 0.0272. The molecule has 0 aliphatic heterocycles. The van der Waals surface area contributed by atoms with Crippen LogP contribution in [0.5, 0.6) is 0 Å². The van der Waals surface area contributed by atoms with Crippen LogP contribution in [0.4, 0.5) is 0 Å². The lowest BCUT2D eigenvalue weighted by molar-refractivity contribution is -0.870. The molecule has 0 aromatic rings. The van der Waals surface area contributed by atoms with Crippen molar-refractivity contribution < 1.29 is 32.9 Å². The first-order valence-corrected chi connectivity index (χ1v) is 31.0. The highest BCUT2D eigenvalue weighted by atomic mass is 31.2. The van der Waals surface area contributed by atoms with Gasteiger partial charge >= 0.3 is 0 Å². The van der Waals surface area contributed by atoms with Gasteiger partial charge in [-0.1, -0.05) is 255 Å². The van der Waals surface area contributed by atoms with Crippen LogP contribution in [-0.2, 0) is 18.4 Å². The maximum atomic E-state index is 13.0. The Morgan fingerprint density at radius 1 is 0.507 bits per heavy atom. The molecule has 0 bridgehead atoms. The van der Waals surface area contributed by atoms with Crippen LogP contribution in [0.2, 0.25) is 0 Å². The number of likely N-dealkylation sites (N-methyl/N-ethyl adjacent to an activating group) is 1. The molecule has 0 aliphatic rings. The molecule has 8 nitrogen and oxygen atoms in total. The minimum Gasteiger partial charge on any atom is -0.756 e. The average Bonchev–Trinajstić information content (AvgIpc) is 3.31. The number of phosphoric ester groups is 1. The van der Waals surface area contributed by atoms with Crippen molar-refractivity contribution in [3.05, 3.63) is 48.6 Å². The molecule has 0 spiro atoms. The minimum atomic E-state index is -4.61. The number of amides is 1. The highest BCUT2D eigenvalue weighted by Crippen LogP contribution is 2.38. The number of rotatable bonds is 54. The second-order valence-corrected chi connectivity index (χ2v) is 22.8. The number of phosphoric acid groups is 1. The van der Waals surface area contributed by atoms with Gasteiger partial charge in [-0.25, -0.2) is 0 Å². The Morgan fingerprint density at radius 3 is 1.26 bits per heavy atom. The van der Waals surface area contributed by atoms with Gasteiger partial charge in [0.05, 0.1) is 39.9 Å². The lowest BCUT2D eigenvalue weighted by Crippen LogP contribution is -2.45. The third kappa shape index (κ3) is 54.1. The van der Waals surface area contributed by atoms with E-state index >= 15 is 0 Å². The van der Waals surface area contributed by atoms with E-state index in [9.17, 15) is 19.4 Å². The summed E-state index contributed by atoms with van der Waals surface area (Å²) in [5.41, 5.74) is 0. The number of aliphatic hydroxyl groups excluding tert-OH is 1. The van der Waals surface area contributed by atoms with Gasteiger partial charge in [0.25, 0.3) is 7.82 Å². The molecule has 406 valence electrons. The number of allylic oxidation sites excluding steroid dienone is 7. The molecule has 0 fully saturated rings. The predicted molar refractivity (Wildman–Crippen MR) is 298 cm³/mol. The van der Waals surface area contributed by atoms with Crippen LogP contribution in [0.3, 0.4) is 0 Å². The fourth-order valence-electron chi connectivity index (χ4n) is 8.61. The van der Waals surface area contributed by atoms with Crippen molar-refractivity contribution in [2.75, 3.05) is 40.9 Å². The van der Waals surface area contributed by atoms with Crippen molar-refractivity contribution in [2.24, 2.45) is 0 Å². The highest BCUT2D eigenvalue weighted by Gasteiger charge is 2.23. The normalized spacial score (nSPS) is 14.2. The van der Waals surface area contributed by atoms with Crippen LogP contribution in [0.15, 0.2) is 48.6 Å². The lowest BCUT2D eigenvalue weighted by atomic mass is 10.0. The van der Waals surface area contributed by atoms with Crippen molar-refractivity contribution in [2.45, 2.75) is 289 Å². The topological polar surface area (TPSA) is 108 Å². The SMILES string of the molecule is CCCCCCCCCCC/C=C\C/C=C\CCCCCCCCCCCCCCCC(=O)NC(COP(=O)([O-])OCC[N+](C)(C)C)C(O)/C=C/CC/C=C/CCCCCCCCCCCCCC. The van der Waals surface area contributed by atoms with Crippen molar-refractivity contribution in [1.29, 1.82) is 0 Å². The van der Waals surface area contributed by atoms with Gasteiger partial charge in [0, 0.05) is 6.42 Å². The summed E-state index contributed by atoms with van der Waals surface area (Å²) in [7, 11) is 1.25. The van der Waals surface area contributed by atoms with Gasteiger partial charge in [-0.3, -0.25) is 9.36 Å². The van der Waals surface area contributed by atoms with Gasteiger partial charge in [-0.05, 0) is 64.2 Å². The summed E-state index contributed by atoms with van der Waals surface area (Å²) in [6, 6.07) is -0.905. The molecule has 0 rings (SSSR count). The molecular formula is C60H115N2O6P. The number of unbranched alkanes of at least 4 members (excludes halogenated alkanes) is 35. The zero-order valence-electron chi connectivity index (χ0n) is 46.3. The third-order valence-corrected chi connectivity index (χ3v) is 14.2. The van der Waals surface area contributed by atoms with Gasteiger partial charge < -0.3 is 28.8 Å². The van der Waals surface area contributed by atoms with E-state index in [1.807, 2.05) is 27.2 Å². The molecule has 9 heteroatoms. The molecule has 0 saturated carbocycles. The molecule has 2 N–H and O–H groups in total. The second kappa shape index (κ2) is 51.4. The number of aliphatic hydroxyl groups is 1. The first kappa shape index (κ1) is 67.5. The molecule has 0 saturated heterocycles. The summed E-state index contributed by atoms with van der Waals surface area (Å²) < 4.78 is 23.3. The summed E-state index contributed by atoms with van der Waals surface area (Å²) in [5.74, 6) is -0.206. The maximum Gasteiger partial charge on any atom is 0.268 e. The number of nitrogens with one attached hydrogen (secondary N) is 1. The van der Waals surface area contributed by atoms with E-state index in [2.05, 4.69) is 55.6 Å². The molecule has 0 aliphatic carbocycles. The number of hydrogen-bond donors (Lipinski definition) is 2. The Balaban J connectivity index is 4.18. The third-order valence-electron chi connectivity index (χ3n) is 13.3. The molecule has 0 aromatic heterocycles. The molecule has 0 radical (unpaired) electrons. The van der Waals surface area contributed by atoms with E-state index in [4.69, 9.17) is 9.05 Å². The van der Waals surface area contributed by atoms with Crippen molar-refractivity contribution in [3.63, 3.8) is 0 Å². The Morgan fingerprint density at radius 2 is 0.855 bits per heavy atom. The average molecular weight is 992 g/mol. The van der Waals surface area contributed by atoms with Crippen LogP contribution in [0, 0.1) is 0 Å². The monoisotopic (exact) mass is 991 g/mol. The molecule has 3 atom stereocenters. The first-order valence-electron chi connectivity index (χ1n) is 29.5. The van der Waals surface area contributed by atoms with Gasteiger partial charge in [0.15, 0.2) is 0 Å². The van der Waals surface area contributed by atoms with Crippen molar-refractivity contribution in [3.8, 4) is 0 Å². The van der Waals surface area contributed by atoms with Gasteiger partial charge in [-0.2, -0.15) is 0 Å². The maximum absolute atomic E-state index is 13.0. The predicted octanol–water partition coefficient (Wildman–Crippen LogP) is 17.3. The van der Waals surface area contributed by atoms with Gasteiger partial charge in [0.2, 0.25) is 5.91 Å². The Hall–Kier alpha value is -1.54. The number of hydrogen-bond acceptors (Lipinski definition) is 6. The van der Waals surface area contributed by atoms with E-state index in [1.54, 1.807) is 6.08 Å². The molecule has 69 heavy (non-hydrogen) atoms. The molecule has 3 unspecified atom stereocenters. The summed E-state index contributed by atoms with van der Waals surface area (Å²) in [6.07, 6.45) is 67.7. The highest BCUT2D eigenvalue weighted by molar-refractivity contribution is 7.45. The number of carbonyl (C=O) groups is 1. The van der Waals surface area contributed by atoms with Crippen molar-refractivity contribution >= 4 is 13.7 Å². The molecule has 0 aromatic carbocycles. The van der Waals surface area contributed by atoms with Gasteiger partial charge in [-0.15, -0.1) is 0 Å². The number of nitrogens with zero attached hydrogens (tertiary/aromatic N) is 1. The fraction of sp³-hybridized carbons (Fsp3) is 0.850. The molecule has 1 amide bonds. The van der Waals surface area contributed by atoms with Gasteiger partial charge in [0.1, 0.15) is 13.2 Å². The zero-order valence-corrected chi connectivity index (χ0v) is 47.2. The minimum absolute atomic E-state index is 0.00671. The summed E-state index contributed by atoms with van der Waals surface area (Å²) >= 11 is 0. The Kier molecular flexibility index (Phi) is 50.2. The Labute approximate surface area is 429 Å². The smallest absolute Gasteiger partial charge is 0.268 e. The first-order chi connectivity index (χ1) is 33.5. The fourth-order valence-corrected chi connectivity index (χ4v) is 9.34. The number of carbonyl (C=O) groups excluding carboxylic acids is 1. The van der Waals surface area contributed by atoms with E-state index < -0.39 is 26.6 Å². The number of quaternary nitrogens is 1. The van der Waals surface area contributed by atoms with E-state index in [1.165, 1.54) is 212 Å². The van der Waals surface area contributed by atoms with Crippen LogP contribution < -0.4 is 10.2 Å². The standard InChI is InChI=1S/C60H115N2O6P/c1-6-8-10-12-14-16-18-20-22-24-26-27-28-29-30-31-32-33-34-35-36-38-40-42-44-46-48-50-52-54-60(64)61-58(57-68-69(65,66)67-56-55-62(3,4)5)59(63)53-51-49-47-45-43-41-39-37-25-23-21-19-17-15-13-11-9-7-2/h26-27,29-30,43,45,51,53,58-59,63H,6-25,28,31-42,44,46-50,52,54-57H2,1-5H3,(H-,61,64,65,66)/b27-26-,30-29-,45-43+,53-51+. The van der Waals surface area contributed by atoms with E-state index in [-0.39, 0.29) is 12.5 Å². The van der Waals surface area contributed by atoms with Crippen LogP contribution >= 0.6 is 7.82 Å². The molecular weight excluding hydrogens is 876 g/mol. The van der Waals surface area contributed by atoms with Crippen molar-refractivity contribution in [1.82, 2.24) is 5.32 Å². The summed E-state index contributed by atoms with van der Waals surface area (Å²) in [5, 5.41) is 13.9. The van der Waals surface area contributed by atoms with E-state index in [0.29, 0.717) is 17.4 Å². The lowest BCUT2D eigenvalue weighted by Gasteiger charge is -2.29.